The maximum atomic E-state index is 13.4. The first kappa shape index (κ1) is 14.4. The molecule has 20 heavy (non-hydrogen) atoms. The molecule has 2 aromatic rings. The molecular formula is C11H11BrFN5O2. The van der Waals surface area contributed by atoms with E-state index in [1.807, 2.05) is 0 Å². The van der Waals surface area contributed by atoms with Gasteiger partial charge in [-0.05, 0) is 22.4 Å². The third kappa shape index (κ3) is 3.50. The number of nitro groups is 1. The highest BCUT2D eigenvalue weighted by atomic mass is 79.9. The fourth-order valence-electron chi connectivity index (χ4n) is 1.66. The lowest BCUT2D eigenvalue weighted by Gasteiger charge is -2.07. The van der Waals surface area contributed by atoms with Crippen molar-refractivity contribution in [1.82, 2.24) is 15.2 Å². The fourth-order valence-corrected chi connectivity index (χ4v) is 1.99. The molecule has 0 amide bonds. The molecule has 0 atom stereocenters. The predicted octanol–water partition coefficient (Wildman–Crippen LogP) is 2.66. The molecule has 0 spiro atoms. The molecule has 2 rings (SSSR count). The number of nitrogens with one attached hydrogen (secondary N) is 2. The fraction of sp³-hybridized carbons (Fsp3) is 0.273. The molecule has 0 bridgehead atoms. The lowest BCUT2D eigenvalue weighted by Crippen LogP contribution is -2.06. The van der Waals surface area contributed by atoms with Crippen molar-refractivity contribution in [2.45, 2.75) is 12.8 Å². The Morgan fingerprint density at radius 2 is 2.30 bits per heavy atom. The second kappa shape index (κ2) is 6.42. The number of H-pyrrole nitrogens is 1. The summed E-state index contributed by atoms with van der Waals surface area (Å²) in [5, 5.41) is 20.2. The van der Waals surface area contributed by atoms with Gasteiger partial charge in [-0.15, -0.1) is 0 Å². The SMILES string of the molecule is O=[N+]([O-])c1cc(Br)c(F)cc1NCCCc1ncn[nH]1. The van der Waals surface area contributed by atoms with Crippen LogP contribution in [0.5, 0.6) is 0 Å². The van der Waals surface area contributed by atoms with Crippen molar-refractivity contribution in [1.29, 1.82) is 0 Å². The summed E-state index contributed by atoms with van der Waals surface area (Å²) in [5.41, 5.74) is -0.00814. The Labute approximate surface area is 121 Å². The number of aromatic amines is 1. The van der Waals surface area contributed by atoms with Gasteiger partial charge in [-0.3, -0.25) is 15.2 Å². The van der Waals surface area contributed by atoms with Crippen molar-refractivity contribution in [3.63, 3.8) is 0 Å². The van der Waals surface area contributed by atoms with Crippen molar-refractivity contribution in [2.24, 2.45) is 0 Å². The summed E-state index contributed by atoms with van der Waals surface area (Å²) in [5.74, 6) is 0.191. The van der Waals surface area contributed by atoms with E-state index in [1.54, 1.807) is 0 Å². The number of nitrogens with zero attached hydrogens (tertiary/aromatic N) is 3. The molecule has 7 nitrogen and oxygen atoms in total. The number of aryl methyl sites for hydroxylation is 1. The molecule has 2 N–H and O–H groups in total. The Kier molecular flexibility index (Phi) is 4.61. The van der Waals surface area contributed by atoms with Gasteiger partial charge in [0.05, 0.1) is 9.40 Å². The van der Waals surface area contributed by atoms with Crippen LogP contribution in [0.25, 0.3) is 0 Å². The van der Waals surface area contributed by atoms with E-state index in [0.29, 0.717) is 19.4 Å². The molecule has 0 saturated carbocycles. The van der Waals surface area contributed by atoms with Crippen molar-refractivity contribution < 1.29 is 9.31 Å². The van der Waals surface area contributed by atoms with Crippen LogP contribution in [0, 0.1) is 15.9 Å². The Morgan fingerprint density at radius 1 is 1.50 bits per heavy atom. The van der Waals surface area contributed by atoms with Crippen LogP contribution in [0.1, 0.15) is 12.2 Å². The first-order valence-corrected chi connectivity index (χ1v) is 6.59. The summed E-state index contributed by atoms with van der Waals surface area (Å²) in [4.78, 5) is 14.3. The summed E-state index contributed by atoms with van der Waals surface area (Å²) in [6.07, 6.45) is 2.75. The largest absolute Gasteiger partial charge is 0.379 e. The first-order chi connectivity index (χ1) is 9.58. The maximum absolute atomic E-state index is 13.4. The van der Waals surface area contributed by atoms with Gasteiger partial charge < -0.3 is 5.32 Å². The standard InChI is InChI=1S/C11H11BrFN5O2/c12-7-4-10(18(19)20)9(5-8(7)13)14-3-1-2-11-15-6-16-17-11/h4-6,14H,1-3H2,(H,15,16,17). The minimum absolute atomic E-state index is 0.0661. The van der Waals surface area contributed by atoms with E-state index in [-0.39, 0.29) is 15.8 Å². The van der Waals surface area contributed by atoms with Crippen LogP contribution >= 0.6 is 15.9 Å². The lowest BCUT2D eigenvalue weighted by molar-refractivity contribution is -0.384. The molecule has 0 aliphatic carbocycles. The molecule has 1 aromatic carbocycles. The number of rotatable bonds is 6. The molecule has 106 valence electrons. The van der Waals surface area contributed by atoms with Crippen molar-refractivity contribution in [3.05, 3.63) is 44.7 Å². The van der Waals surface area contributed by atoms with Crippen LogP contribution in [0.4, 0.5) is 15.8 Å². The zero-order chi connectivity index (χ0) is 14.5. The van der Waals surface area contributed by atoms with Crippen LogP contribution in [0.3, 0.4) is 0 Å². The van der Waals surface area contributed by atoms with Gasteiger partial charge in [-0.1, -0.05) is 0 Å². The van der Waals surface area contributed by atoms with E-state index in [2.05, 4.69) is 36.4 Å². The van der Waals surface area contributed by atoms with Crippen molar-refractivity contribution in [2.75, 3.05) is 11.9 Å². The Balaban J connectivity index is 1.98. The second-order valence-corrected chi connectivity index (χ2v) is 4.86. The maximum Gasteiger partial charge on any atom is 0.293 e. The van der Waals surface area contributed by atoms with E-state index < -0.39 is 10.7 Å². The van der Waals surface area contributed by atoms with Crippen LogP contribution in [0.2, 0.25) is 0 Å². The highest BCUT2D eigenvalue weighted by Gasteiger charge is 2.17. The topological polar surface area (TPSA) is 96.7 Å². The Hall–Kier alpha value is -2.03. The number of hydrogen-bond acceptors (Lipinski definition) is 5. The molecule has 0 aliphatic rings. The predicted molar refractivity (Wildman–Crippen MR) is 73.9 cm³/mol. The summed E-state index contributed by atoms with van der Waals surface area (Å²) < 4.78 is 13.5. The number of anilines is 1. The molecule has 0 saturated heterocycles. The van der Waals surface area contributed by atoms with Gasteiger partial charge in [0.25, 0.3) is 5.69 Å². The van der Waals surface area contributed by atoms with E-state index in [0.717, 1.165) is 18.0 Å². The summed E-state index contributed by atoms with van der Waals surface area (Å²) in [6.45, 7) is 0.461. The smallest absolute Gasteiger partial charge is 0.293 e. The molecule has 0 aliphatic heterocycles. The molecule has 1 heterocycles. The van der Waals surface area contributed by atoms with Crippen molar-refractivity contribution >= 4 is 27.3 Å². The summed E-state index contributed by atoms with van der Waals surface area (Å²) >= 11 is 2.93. The zero-order valence-electron chi connectivity index (χ0n) is 10.3. The number of aromatic nitrogens is 3. The summed E-state index contributed by atoms with van der Waals surface area (Å²) in [6, 6.07) is 2.25. The van der Waals surface area contributed by atoms with Gasteiger partial charge in [0.2, 0.25) is 0 Å². The van der Waals surface area contributed by atoms with E-state index >= 15 is 0 Å². The highest BCUT2D eigenvalue weighted by molar-refractivity contribution is 9.10. The molecular weight excluding hydrogens is 333 g/mol. The second-order valence-electron chi connectivity index (χ2n) is 4.00. The van der Waals surface area contributed by atoms with Crippen LogP contribution < -0.4 is 5.32 Å². The van der Waals surface area contributed by atoms with Crippen LogP contribution in [-0.4, -0.2) is 26.6 Å². The monoisotopic (exact) mass is 343 g/mol. The first-order valence-electron chi connectivity index (χ1n) is 5.79. The van der Waals surface area contributed by atoms with E-state index in [9.17, 15) is 14.5 Å². The van der Waals surface area contributed by atoms with Gasteiger partial charge in [0.15, 0.2) is 0 Å². The van der Waals surface area contributed by atoms with Gasteiger partial charge in [-0.25, -0.2) is 9.37 Å². The minimum atomic E-state index is -0.553. The third-order valence-electron chi connectivity index (χ3n) is 2.61. The van der Waals surface area contributed by atoms with Crippen molar-refractivity contribution in [3.8, 4) is 0 Å². The van der Waals surface area contributed by atoms with Gasteiger partial charge in [0.1, 0.15) is 23.7 Å². The number of hydrogen-bond donors (Lipinski definition) is 2. The van der Waals surface area contributed by atoms with E-state index in [4.69, 9.17) is 0 Å². The lowest BCUT2D eigenvalue weighted by atomic mass is 10.2. The molecule has 1 aromatic heterocycles. The number of benzene rings is 1. The number of nitro benzene ring substituents is 1. The van der Waals surface area contributed by atoms with Gasteiger partial charge in [-0.2, -0.15) is 5.10 Å². The average Bonchev–Trinajstić information content (AvgIpc) is 2.91. The van der Waals surface area contributed by atoms with Gasteiger partial charge >= 0.3 is 0 Å². The van der Waals surface area contributed by atoms with Gasteiger partial charge in [0, 0.05) is 25.1 Å². The molecule has 0 unspecified atom stereocenters. The van der Waals surface area contributed by atoms with Crippen LogP contribution in [0.15, 0.2) is 22.9 Å². The van der Waals surface area contributed by atoms with Crippen LogP contribution in [-0.2, 0) is 6.42 Å². The summed E-state index contributed by atoms with van der Waals surface area (Å²) in [7, 11) is 0. The molecule has 0 fully saturated rings. The number of halogens is 2. The zero-order valence-corrected chi connectivity index (χ0v) is 11.9. The quantitative estimate of drug-likeness (QED) is 0.477. The average molecular weight is 344 g/mol. The Bertz CT molecular complexity index is 605. The minimum Gasteiger partial charge on any atom is -0.379 e. The highest BCUT2D eigenvalue weighted by Crippen LogP contribution is 2.30. The third-order valence-corrected chi connectivity index (χ3v) is 3.21. The molecule has 9 heteroatoms. The normalized spacial score (nSPS) is 10.5. The Morgan fingerprint density at radius 3 is 2.95 bits per heavy atom. The molecule has 0 radical (unpaired) electrons. The van der Waals surface area contributed by atoms with E-state index in [1.165, 1.54) is 6.33 Å².